The Morgan fingerprint density at radius 3 is 1.68 bits per heavy atom. The molecule has 0 N–H and O–H groups in total. The summed E-state index contributed by atoms with van der Waals surface area (Å²) in [6.45, 7) is 10.5. The van der Waals surface area contributed by atoms with Crippen molar-refractivity contribution in [3.63, 3.8) is 0 Å². The molecule has 200 valence electrons. The average Bonchev–Trinajstić information content (AvgIpc) is 2.83. The molecule has 0 fully saturated rings. The first-order valence-electron chi connectivity index (χ1n) is 11.5. The average molecular weight is 516 g/mol. The quantitative estimate of drug-likeness (QED) is 0.178. The molecule has 0 radical (unpaired) electrons. The third-order valence-corrected chi connectivity index (χ3v) is 4.52. The molecule has 0 heterocycles. The van der Waals surface area contributed by atoms with Crippen LogP contribution in [0.5, 0.6) is 11.5 Å². The summed E-state index contributed by atoms with van der Waals surface area (Å²) in [6.07, 6.45) is 2.92. The van der Waals surface area contributed by atoms with Crippen molar-refractivity contribution < 1.29 is 38.3 Å². The standard InChI is InChI=1S/C14H17NO5.C13H16O4/c1-4-19-13(16)14(2,3)20-12-7-5-6-11(10-12)8-9-15(17)18;1-4-16-12(15)13(2,3)17-11-7-5-6-10(8-11)9-14/h5-10H,4H2,1-3H3;5-9H,4H2,1-3H3/b9-8+;. The van der Waals surface area contributed by atoms with Crippen LogP contribution in [0.1, 0.15) is 57.5 Å². The van der Waals surface area contributed by atoms with Gasteiger partial charge in [0.25, 0.3) is 0 Å². The third kappa shape index (κ3) is 10.9. The first kappa shape index (κ1) is 30.8. The van der Waals surface area contributed by atoms with Crippen molar-refractivity contribution in [3.05, 3.63) is 76.0 Å². The maximum atomic E-state index is 11.7. The molecule has 0 aliphatic heterocycles. The largest absolute Gasteiger partial charge is 0.476 e. The van der Waals surface area contributed by atoms with Gasteiger partial charge in [-0.05, 0) is 71.4 Å². The van der Waals surface area contributed by atoms with E-state index in [4.69, 9.17) is 18.9 Å². The van der Waals surface area contributed by atoms with Crippen molar-refractivity contribution in [1.82, 2.24) is 0 Å². The lowest BCUT2D eigenvalue weighted by Crippen LogP contribution is -2.39. The maximum Gasteiger partial charge on any atom is 0.349 e. The lowest BCUT2D eigenvalue weighted by molar-refractivity contribution is -0.400. The Labute approximate surface area is 216 Å². The zero-order valence-corrected chi connectivity index (χ0v) is 21.9. The molecule has 0 amide bonds. The minimum Gasteiger partial charge on any atom is -0.476 e. The minimum absolute atomic E-state index is 0.275. The summed E-state index contributed by atoms with van der Waals surface area (Å²) in [5.41, 5.74) is -1.08. The fourth-order valence-corrected chi connectivity index (χ4v) is 2.76. The number of nitrogens with zero attached hydrogens (tertiary/aromatic N) is 1. The summed E-state index contributed by atoms with van der Waals surface area (Å²) >= 11 is 0. The van der Waals surface area contributed by atoms with Crippen LogP contribution in [0.3, 0.4) is 0 Å². The third-order valence-electron chi connectivity index (χ3n) is 4.52. The van der Waals surface area contributed by atoms with Gasteiger partial charge in [-0.15, -0.1) is 0 Å². The molecular formula is C27H33NO9. The van der Waals surface area contributed by atoms with Crippen LogP contribution >= 0.6 is 0 Å². The van der Waals surface area contributed by atoms with Crippen molar-refractivity contribution >= 4 is 24.3 Å². The van der Waals surface area contributed by atoms with Gasteiger partial charge in [0.1, 0.15) is 17.8 Å². The maximum absolute atomic E-state index is 11.7. The highest BCUT2D eigenvalue weighted by molar-refractivity contribution is 5.80. The number of ether oxygens (including phenoxy) is 4. The Morgan fingerprint density at radius 1 is 0.838 bits per heavy atom. The van der Waals surface area contributed by atoms with Gasteiger partial charge in [-0.25, -0.2) is 9.59 Å². The Kier molecular flexibility index (Phi) is 12.0. The molecule has 2 rings (SSSR count). The molecule has 0 saturated carbocycles. The second kappa shape index (κ2) is 14.4. The van der Waals surface area contributed by atoms with E-state index in [0.29, 0.717) is 29.2 Å². The first-order chi connectivity index (χ1) is 17.3. The van der Waals surface area contributed by atoms with Crippen LogP contribution in [-0.2, 0) is 19.1 Å². The minimum atomic E-state index is -1.12. The topological polar surface area (TPSA) is 131 Å². The highest BCUT2D eigenvalue weighted by atomic mass is 16.6. The molecule has 10 heteroatoms. The lowest BCUT2D eigenvalue weighted by Gasteiger charge is -2.24. The summed E-state index contributed by atoms with van der Waals surface area (Å²) in [4.78, 5) is 43.7. The van der Waals surface area contributed by atoms with Gasteiger partial charge in [0.2, 0.25) is 6.20 Å². The van der Waals surface area contributed by atoms with E-state index in [1.54, 1.807) is 90.1 Å². The Bertz CT molecular complexity index is 1110. The summed E-state index contributed by atoms with van der Waals surface area (Å²) in [6, 6.07) is 13.3. The fourth-order valence-electron chi connectivity index (χ4n) is 2.76. The number of rotatable bonds is 11. The number of nitro groups is 1. The molecule has 0 bridgehead atoms. The molecular weight excluding hydrogens is 482 g/mol. The number of benzene rings is 2. The van der Waals surface area contributed by atoms with Gasteiger partial charge in [-0.3, -0.25) is 14.9 Å². The van der Waals surface area contributed by atoms with Gasteiger partial charge in [-0.1, -0.05) is 24.3 Å². The van der Waals surface area contributed by atoms with E-state index in [9.17, 15) is 24.5 Å². The van der Waals surface area contributed by atoms with Crippen LogP contribution in [-0.4, -0.2) is 47.6 Å². The van der Waals surface area contributed by atoms with Crippen molar-refractivity contribution in [3.8, 4) is 11.5 Å². The summed E-state index contributed by atoms with van der Waals surface area (Å²) in [5, 5.41) is 10.3. The summed E-state index contributed by atoms with van der Waals surface area (Å²) in [7, 11) is 0. The molecule has 0 aromatic heterocycles. The van der Waals surface area contributed by atoms with Crippen LogP contribution in [0.25, 0.3) is 6.08 Å². The van der Waals surface area contributed by atoms with E-state index >= 15 is 0 Å². The predicted molar refractivity (Wildman–Crippen MR) is 137 cm³/mol. The summed E-state index contributed by atoms with van der Waals surface area (Å²) in [5.74, 6) is 0.00365. The number of aldehydes is 1. The molecule has 0 unspecified atom stereocenters. The van der Waals surface area contributed by atoms with Crippen LogP contribution in [0.15, 0.2) is 54.7 Å². The predicted octanol–water partition coefficient (Wildman–Crippen LogP) is 4.87. The molecule has 0 aliphatic carbocycles. The smallest absolute Gasteiger partial charge is 0.349 e. The van der Waals surface area contributed by atoms with E-state index in [2.05, 4.69) is 0 Å². The molecule has 0 atom stereocenters. The molecule has 0 saturated heterocycles. The Balaban J connectivity index is 0.000000375. The molecule has 2 aromatic rings. The van der Waals surface area contributed by atoms with Gasteiger partial charge >= 0.3 is 11.9 Å². The van der Waals surface area contributed by atoms with Gasteiger partial charge in [-0.2, -0.15) is 0 Å². The van der Waals surface area contributed by atoms with Crippen molar-refractivity contribution in [2.75, 3.05) is 13.2 Å². The van der Waals surface area contributed by atoms with Crippen LogP contribution < -0.4 is 9.47 Å². The normalized spacial score (nSPS) is 11.1. The zero-order valence-electron chi connectivity index (χ0n) is 21.9. The number of carbonyl (C=O) groups excluding carboxylic acids is 3. The first-order valence-corrected chi connectivity index (χ1v) is 11.5. The van der Waals surface area contributed by atoms with Gasteiger partial charge < -0.3 is 18.9 Å². The molecule has 0 aliphatic rings. The highest BCUT2D eigenvalue weighted by Gasteiger charge is 2.32. The van der Waals surface area contributed by atoms with E-state index in [1.165, 1.54) is 6.08 Å². The van der Waals surface area contributed by atoms with Crippen LogP contribution in [0, 0.1) is 10.1 Å². The molecule has 0 spiro atoms. The zero-order chi connectivity index (χ0) is 28.1. The number of carbonyl (C=O) groups is 3. The van der Waals surface area contributed by atoms with Crippen molar-refractivity contribution in [2.24, 2.45) is 0 Å². The SMILES string of the molecule is CCOC(=O)C(C)(C)Oc1cccc(/C=C/[N+](=O)[O-])c1.CCOC(=O)C(C)(C)Oc1cccc(C=O)c1. The number of hydrogen-bond donors (Lipinski definition) is 0. The van der Waals surface area contributed by atoms with E-state index in [0.717, 1.165) is 12.5 Å². The molecule has 2 aromatic carbocycles. The Hall–Kier alpha value is -4.21. The van der Waals surface area contributed by atoms with Crippen molar-refractivity contribution in [2.45, 2.75) is 52.7 Å². The summed E-state index contributed by atoms with van der Waals surface area (Å²) < 4.78 is 20.9. The second-order valence-corrected chi connectivity index (χ2v) is 8.53. The van der Waals surface area contributed by atoms with E-state index in [1.807, 2.05) is 0 Å². The molecule has 10 nitrogen and oxygen atoms in total. The van der Waals surface area contributed by atoms with Crippen LogP contribution in [0.2, 0.25) is 0 Å². The second-order valence-electron chi connectivity index (χ2n) is 8.53. The van der Waals surface area contributed by atoms with E-state index in [-0.39, 0.29) is 6.61 Å². The van der Waals surface area contributed by atoms with Gasteiger partial charge in [0.05, 0.1) is 18.1 Å². The monoisotopic (exact) mass is 515 g/mol. The van der Waals surface area contributed by atoms with Gasteiger partial charge in [0, 0.05) is 11.6 Å². The molecule has 37 heavy (non-hydrogen) atoms. The number of hydrogen-bond acceptors (Lipinski definition) is 9. The lowest BCUT2D eigenvalue weighted by atomic mass is 10.1. The van der Waals surface area contributed by atoms with Crippen LogP contribution in [0.4, 0.5) is 0 Å². The number of esters is 2. The Morgan fingerprint density at radius 2 is 1.27 bits per heavy atom. The fraction of sp³-hybridized carbons (Fsp3) is 0.370. The highest BCUT2D eigenvalue weighted by Crippen LogP contribution is 2.22. The van der Waals surface area contributed by atoms with Crippen molar-refractivity contribution in [1.29, 1.82) is 0 Å². The van der Waals surface area contributed by atoms with Gasteiger partial charge in [0.15, 0.2) is 11.2 Å². The van der Waals surface area contributed by atoms with E-state index < -0.39 is 28.1 Å².